The summed E-state index contributed by atoms with van der Waals surface area (Å²) in [4.78, 5) is 28.2. The number of hydrogen-bond acceptors (Lipinski definition) is 9. The Morgan fingerprint density at radius 2 is 1.69 bits per heavy atom. The second kappa shape index (κ2) is 12.9. The fourth-order valence-corrected chi connectivity index (χ4v) is 6.74. The van der Waals surface area contributed by atoms with Crippen LogP contribution in [0.1, 0.15) is 33.9 Å². The van der Waals surface area contributed by atoms with Crippen molar-refractivity contribution in [2.24, 2.45) is 0 Å². The third-order valence-electron chi connectivity index (χ3n) is 7.15. The highest BCUT2D eigenvalue weighted by Crippen LogP contribution is 2.44. The minimum atomic E-state index is -1.02. The molecule has 6 rings (SSSR count). The van der Waals surface area contributed by atoms with Crippen molar-refractivity contribution in [1.29, 1.82) is 0 Å². The third kappa shape index (κ3) is 6.59. The number of nitrogens with zero attached hydrogens (tertiary/aromatic N) is 3. The van der Waals surface area contributed by atoms with E-state index in [0.717, 1.165) is 28.0 Å². The van der Waals surface area contributed by atoms with Crippen molar-refractivity contribution in [1.82, 2.24) is 10.2 Å². The number of rotatable bonds is 9. The van der Waals surface area contributed by atoms with Gasteiger partial charge in [0.2, 0.25) is 5.13 Å². The van der Waals surface area contributed by atoms with Crippen LogP contribution in [0.25, 0.3) is 5.76 Å². The van der Waals surface area contributed by atoms with Gasteiger partial charge in [0.05, 0.1) is 11.6 Å². The summed E-state index contributed by atoms with van der Waals surface area (Å²) in [6.45, 7) is 2.38. The highest BCUT2D eigenvalue weighted by Gasteiger charge is 2.48. The molecule has 1 aliphatic heterocycles. The number of aromatic hydroxyl groups is 1. The van der Waals surface area contributed by atoms with Crippen LogP contribution in [0.3, 0.4) is 0 Å². The summed E-state index contributed by atoms with van der Waals surface area (Å²) in [5.41, 5.74) is 3.73. The van der Waals surface area contributed by atoms with Crippen molar-refractivity contribution in [3.8, 4) is 11.5 Å². The summed E-state index contributed by atoms with van der Waals surface area (Å²) in [5, 5.41) is 29.9. The highest BCUT2D eigenvalue weighted by molar-refractivity contribution is 8.00. The van der Waals surface area contributed by atoms with Gasteiger partial charge in [-0.25, -0.2) is 4.39 Å². The van der Waals surface area contributed by atoms with E-state index in [1.54, 1.807) is 48.5 Å². The lowest BCUT2D eigenvalue weighted by Gasteiger charge is -2.22. The molecule has 0 radical (unpaired) electrons. The molecule has 5 aromatic rings. The molecular weight excluding hydrogens is 614 g/mol. The van der Waals surface area contributed by atoms with Gasteiger partial charge >= 0.3 is 5.91 Å². The summed E-state index contributed by atoms with van der Waals surface area (Å²) in [6.07, 6.45) is 0. The van der Waals surface area contributed by atoms with Crippen LogP contribution in [0, 0.1) is 12.7 Å². The SMILES string of the molecule is Cc1cccc(COc2ccc(/C(O)=C3\C(=O)C(=O)N(c4nnc(SCc5ccc(F)cc5)s4)C3c3ccc(O)cc3)cc2)c1. The standard InChI is InChI=1S/C34H26FN3O5S2/c1-20-3-2-4-22(17-20)18-43-27-15-9-24(10-16-27)30(40)28-29(23-7-13-26(39)14-8-23)38(32(42)31(28)41)33-36-37-34(45-33)44-19-21-5-11-25(35)12-6-21/h2-17,29,39-40H,18-19H2,1H3/b30-28+. The number of halogens is 1. The second-order valence-electron chi connectivity index (χ2n) is 10.3. The largest absolute Gasteiger partial charge is 0.508 e. The number of aliphatic hydroxyl groups excluding tert-OH is 1. The van der Waals surface area contributed by atoms with Crippen molar-refractivity contribution in [3.63, 3.8) is 0 Å². The van der Waals surface area contributed by atoms with Crippen LogP contribution in [0.5, 0.6) is 11.5 Å². The zero-order valence-corrected chi connectivity index (χ0v) is 25.5. The highest BCUT2D eigenvalue weighted by atomic mass is 32.2. The number of hydrogen-bond donors (Lipinski definition) is 2. The van der Waals surface area contributed by atoms with Crippen molar-refractivity contribution < 1.29 is 28.9 Å². The van der Waals surface area contributed by atoms with Crippen LogP contribution >= 0.6 is 23.1 Å². The van der Waals surface area contributed by atoms with E-state index in [0.29, 0.717) is 33.6 Å². The van der Waals surface area contributed by atoms with Gasteiger partial charge in [0.15, 0.2) is 4.34 Å². The molecule has 0 bridgehead atoms. The molecule has 1 atom stereocenters. The summed E-state index contributed by atoms with van der Waals surface area (Å²) >= 11 is 2.49. The van der Waals surface area contributed by atoms with E-state index in [4.69, 9.17) is 4.74 Å². The number of aryl methyl sites for hydroxylation is 1. The molecule has 8 nitrogen and oxygen atoms in total. The van der Waals surface area contributed by atoms with E-state index in [1.807, 2.05) is 31.2 Å². The first-order valence-corrected chi connectivity index (χ1v) is 15.7. The lowest BCUT2D eigenvalue weighted by molar-refractivity contribution is -0.132. The van der Waals surface area contributed by atoms with Gasteiger partial charge in [-0.3, -0.25) is 14.5 Å². The van der Waals surface area contributed by atoms with Gasteiger partial charge in [-0.2, -0.15) is 0 Å². The number of aromatic nitrogens is 2. The zero-order valence-electron chi connectivity index (χ0n) is 23.9. The van der Waals surface area contributed by atoms with Crippen LogP contribution in [0.15, 0.2) is 107 Å². The number of thioether (sulfide) groups is 1. The first-order chi connectivity index (χ1) is 21.8. The van der Waals surface area contributed by atoms with Crippen LogP contribution in [-0.4, -0.2) is 32.1 Å². The maximum absolute atomic E-state index is 13.5. The Morgan fingerprint density at radius 1 is 0.956 bits per heavy atom. The van der Waals surface area contributed by atoms with Crippen LogP contribution in [0.4, 0.5) is 9.52 Å². The Kier molecular flexibility index (Phi) is 8.63. The van der Waals surface area contributed by atoms with Crippen molar-refractivity contribution >= 4 is 45.7 Å². The van der Waals surface area contributed by atoms with Crippen LogP contribution in [0.2, 0.25) is 0 Å². The molecule has 1 aromatic heterocycles. The molecule has 45 heavy (non-hydrogen) atoms. The zero-order chi connectivity index (χ0) is 31.5. The van der Waals surface area contributed by atoms with Gasteiger partial charge in [-0.05, 0) is 72.1 Å². The average Bonchev–Trinajstić information content (AvgIpc) is 3.62. The number of carbonyl (C=O) groups excluding carboxylic acids is 2. The number of carbonyl (C=O) groups is 2. The van der Waals surface area contributed by atoms with Gasteiger partial charge in [0, 0.05) is 11.3 Å². The number of phenols is 1. The fourth-order valence-electron chi connectivity index (χ4n) is 4.92. The predicted molar refractivity (Wildman–Crippen MR) is 171 cm³/mol. The first-order valence-electron chi connectivity index (χ1n) is 13.9. The van der Waals surface area contributed by atoms with E-state index in [1.165, 1.54) is 40.9 Å². The van der Waals surface area contributed by atoms with Crippen molar-refractivity contribution in [2.75, 3.05) is 4.90 Å². The Morgan fingerprint density at radius 3 is 2.40 bits per heavy atom. The monoisotopic (exact) mass is 639 g/mol. The van der Waals surface area contributed by atoms with Gasteiger partial charge in [-0.15, -0.1) is 10.2 Å². The maximum Gasteiger partial charge on any atom is 0.301 e. The van der Waals surface area contributed by atoms with Gasteiger partial charge in [0.25, 0.3) is 5.78 Å². The van der Waals surface area contributed by atoms with Crippen molar-refractivity contribution in [3.05, 3.63) is 136 Å². The van der Waals surface area contributed by atoms with E-state index in [2.05, 4.69) is 10.2 Å². The maximum atomic E-state index is 13.5. The Bertz CT molecular complexity index is 1890. The molecule has 4 aromatic carbocycles. The number of amides is 1. The van der Waals surface area contributed by atoms with Crippen molar-refractivity contribution in [2.45, 2.75) is 29.7 Å². The van der Waals surface area contributed by atoms with E-state index >= 15 is 0 Å². The average molecular weight is 640 g/mol. The summed E-state index contributed by atoms with van der Waals surface area (Å²) in [6, 6.07) is 25.7. The van der Waals surface area contributed by atoms with Crippen LogP contribution < -0.4 is 9.64 Å². The number of ketones is 1. The normalized spacial score (nSPS) is 15.9. The molecule has 1 unspecified atom stereocenters. The molecule has 2 heterocycles. The lowest BCUT2D eigenvalue weighted by atomic mass is 9.95. The Balaban J connectivity index is 1.29. The molecule has 0 saturated carbocycles. The molecule has 0 spiro atoms. The van der Waals surface area contributed by atoms with Gasteiger partial charge in [-0.1, -0.05) is 77.2 Å². The third-order valence-corrected chi connectivity index (χ3v) is 9.27. The molecular formula is C34H26FN3O5S2. The lowest BCUT2D eigenvalue weighted by Crippen LogP contribution is -2.29. The molecule has 1 amide bonds. The number of phenolic OH excluding ortho intramolecular Hbond substituents is 1. The van der Waals surface area contributed by atoms with E-state index in [9.17, 15) is 24.2 Å². The second-order valence-corrected chi connectivity index (χ2v) is 12.5. The van der Waals surface area contributed by atoms with Crippen LogP contribution in [-0.2, 0) is 21.9 Å². The molecule has 226 valence electrons. The number of benzene rings is 4. The quantitative estimate of drug-likeness (QED) is 0.0573. The molecule has 1 aliphatic rings. The molecule has 1 fully saturated rings. The van der Waals surface area contributed by atoms with E-state index < -0.39 is 17.7 Å². The Labute approximate surface area is 266 Å². The molecule has 2 N–H and O–H groups in total. The Hall–Kier alpha value is -5.00. The molecule has 11 heteroatoms. The topological polar surface area (TPSA) is 113 Å². The summed E-state index contributed by atoms with van der Waals surface area (Å²) < 4.78 is 19.7. The van der Waals surface area contributed by atoms with E-state index in [-0.39, 0.29) is 28.0 Å². The number of aliphatic hydroxyl groups is 1. The van der Waals surface area contributed by atoms with Gasteiger partial charge < -0.3 is 14.9 Å². The summed E-state index contributed by atoms with van der Waals surface area (Å²) in [5.74, 6) is -1.33. The number of ether oxygens (including phenoxy) is 1. The first kappa shape index (κ1) is 30.0. The fraction of sp³-hybridized carbons (Fsp3) is 0.118. The minimum Gasteiger partial charge on any atom is -0.508 e. The minimum absolute atomic E-state index is 0.00680. The number of anilines is 1. The summed E-state index contributed by atoms with van der Waals surface area (Å²) in [7, 11) is 0. The number of Topliss-reactive ketones (excluding diaryl/α,β-unsaturated/α-hetero) is 1. The predicted octanol–water partition coefficient (Wildman–Crippen LogP) is 7.19. The van der Waals surface area contributed by atoms with Gasteiger partial charge in [0.1, 0.15) is 29.7 Å². The molecule has 0 aliphatic carbocycles. The smallest absolute Gasteiger partial charge is 0.301 e. The molecule has 1 saturated heterocycles.